The van der Waals surface area contributed by atoms with E-state index in [2.05, 4.69) is 0 Å². The van der Waals surface area contributed by atoms with Crippen LogP contribution in [0.4, 0.5) is 0 Å². The molecule has 0 aliphatic heterocycles. The van der Waals surface area contributed by atoms with Gasteiger partial charge in [-0.2, -0.15) is 0 Å². The first kappa shape index (κ1) is 26.2. The molecule has 0 aliphatic rings. The van der Waals surface area contributed by atoms with Crippen molar-refractivity contribution in [1.29, 1.82) is 0 Å². The molecule has 0 saturated carbocycles. The first-order chi connectivity index (χ1) is 18.6. The molecular formula is C32H28O6. The van der Waals surface area contributed by atoms with Gasteiger partial charge in [-0.25, -0.2) is 9.59 Å². The van der Waals surface area contributed by atoms with Gasteiger partial charge < -0.3 is 18.9 Å². The van der Waals surface area contributed by atoms with Gasteiger partial charge in [-0.3, -0.25) is 0 Å². The summed E-state index contributed by atoms with van der Waals surface area (Å²) in [6.45, 7) is -0.151. The van der Waals surface area contributed by atoms with E-state index in [0.717, 1.165) is 21.9 Å². The number of carbonyl (C=O) groups is 2. The van der Waals surface area contributed by atoms with Crippen LogP contribution in [0.3, 0.4) is 0 Å². The minimum absolute atomic E-state index is 0.151. The second-order valence-corrected chi connectivity index (χ2v) is 8.36. The van der Waals surface area contributed by atoms with Crippen molar-refractivity contribution < 1.29 is 28.5 Å². The van der Waals surface area contributed by atoms with Gasteiger partial charge in [0.2, 0.25) is 0 Å². The molecule has 0 aliphatic carbocycles. The average molecular weight is 509 g/mol. The molecule has 0 saturated heterocycles. The number of benzene rings is 4. The van der Waals surface area contributed by atoms with Gasteiger partial charge in [0.15, 0.2) is 17.6 Å². The van der Waals surface area contributed by atoms with Crippen molar-refractivity contribution in [1.82, 2.24) is 0 Å². The Morgan fingerprint density at radius 1 is 0.684 bits per heavy atom. The van der Waals surface area contributed by atoms with Crippen molar-refractivity contribution in [3.8, 4) is 11.5 Å². The van der Waals surface area contributed by atoms with Crippen LogP contribution in [-0.2, 0) is 19.1 Å². The molecule has 0 radical (unpaired) electrons. The Labute approximate surface area is 221 Å². The Bertz CT molecular complexity index is 1440. The largest absolute Gasteiger partial charge is 0.493 e. The van der Waals surface area contributed by atoms with E-state index < -0.39 is 18.0 Å². The van der Waals surface area contributed by atoms with Crippen LogP contribution < -0.4 is 9.47 Å². The Hall–Kier alpha value is -4.84. The molecule has 1 atom stereocenters. The molecular weight excluding hydrogens is 480 g/mol. The number of hydrogen-bond donors (Lipinski definition) is 0. The Morgan fingerprint density at radius 2 is 1.24 bits per heavy atom. The maximum Gasteiger partial charge on any atom is 0.331 e. The molecule has 0 bridgehead atoms. The van der Waals surface area contributed by atoms with Gasteiger partial charge >= 0.3 is 11.9 Å². The summed E-state index contributed by atoms with van der Waals surface area (Å²) in [4.78, 5) is 25.1. The lowest BCUT2D eigenvalue weighted by molar-refractivity contribution is -0.153. The molecule has 38 heavy (non-hydrogen) atoms. The SMILES string of the molecule is COc1cc2ccc([C@@H](COC(=O)/C=C/c3ccccc3)OC(=O)/C=C/c3ccccc3)cc2cc1OC. The van der Waals surface area contributed by atoms with Crippen molar-refractivity contribution in [3.05, 3.63) is 120 Å². The molecule has 0 unspecified atom stereocenters. The van der Waals surface area contributed by atoms with Crippen molar-refractivity contribution >= 4 is 34.9 Å². The van der Waals surface area contributed by atoms with Gasteiger partial charge in [-0.05, 0) is 57.8 Å². The summed E-state index contributed by atoms with van der Waals surface area (Å²) < 4.78 is 22.0. The molecule has 4 aromatic carbocycles. The second-order valence-electron chi connectivity index (χ2n) is 8.36. The lowest BCUT2D eigenvalue weighted by Crippen LogP contribution is -2.17. The fraction of sp³-hybridized carbons (Fsp3) is 0.125. The number of hydrogen-bond acceptors (Lipinski definition) is 6. The predicted molar refractivity (Wildman–Crippen MR) is 148 cm³/mol. The minimum Gasteiger partial charge on any atom is -0.493 e. The normalized spacial score (nSPS) is 11.9. The van der Waals surface area contributed by atoms with E-state index in [1.165, 1.54) is 12.2 Å². The quantitative estimate of drug-likeness (QED) is 0.182. The highest BCUT2D eigenvalue weighted by Gasteiger charge is 2.19. The topological polar surface area (TPSA) is 71.1 Å². The zero-order chi connectivity index (χ0) is 26.7. The van der Waals surface area contributed by atoms with Crippen LogP contribution in [-0.4, -0.2) is 32.8 Å². The second kappa shape index (κ2) is 12.9. The predicted octanol–water partition coefficient (Wildman–Crippen LogP) is 6.41. The number of esters is 2. The van der Waals surface area contributed by atoms with Crippen molar-refractivity contribution in [2.24, 2.45) is 0 Å². The maximum absolute atomic E-state index is 12.7. The van der Waals surface area contributed by atoms with E-state index in [9.17, 15) is 9.59 Å². The van der Waals surface area contributed by atoms with Crippen LogP contribution in [0.5, 0.6) is 11.5 Å². The summed E-state index contributed by atoms with van der Waals surface area (Å²) >= 11 is 0. The van der Waals surface area contributed by atoms with Crippen LogP contribution >= 0.6 is 0 Å². The van der Waals surface area contributed by atoms with E-state index in [4.69, 9.17) is 18.9 Å². The van der Waals surface area contributed by atoms with E-state index >= 15 is 0 Å². The summed E-state index contributed by atoms with van der Waals surface area (Å²) in [5.41, 5.74) is 2.41. The van der Waals surface area contributed by atoms with Gasteiger partial charge in [-0.1, -0.05) is 72.8 Å². The highest BCUT2D eigenvalue weighted by molar-refractivity contribution is 5.89. The molecule has 0 heterocycles. The molecule has 6 nitrogen and oxygen atoms in total. The summed E-state index contributed by atoms with van der Waals surface area (Å²) in [6, 6.07) is 28.2. The van der Waals surface area contributed by atoms with E-state index in [1.54, 1.807) is 26.4 Å². The van der Waals surface area contributed by atoms with Crippen LogP contribution in [0.1, 0.15) is 22.8 Å². The summed E-state index contributed by atoms with van der Waals surface area (Å²) in [5.74, 6) is 0.0962. The van der Waals surface area contributed by atoms with E-state index in [-0.39, 0.29) is 6.61 Å². The Morgan fingerprint density at radius 3 is 1.82 bits per heavy atom. The molecule has 6 heteroatoms. The number of rotatable bonds is 10. The maximum atomic E-state index is 12.7. The highest BCUT2D eigenvalue weighted by atomic mass is 16.6. The molecule has 4 rings (SSSR count). The zero-order valence-corrected chi connectivity index (χ0v) is 21.2. The summed E-state index contributed by atoms with van der Waals surface area (Å²) in [5, 5.41) is 1.78. The number of ether oxygens (including phenoxy) is 4. The highest BCUT2D eigenvalue weighted by Crippen LogP contribution is 2.34. The van der Waals surface area contributed by atoms with Gasteiger partial charge in [0, 0.05) is 12.2 Å². The van der Waals surface area contributed by atoms with Gasteiger partial charge in [-0.15, -0.1) is 0 Å². The fourth-order valence-electron chi connectivity index (χ4n) is 3.83. The van der Waals surface area contributed by atoms with Gasteiger partial charge in [0.1, 0.15) is 6.61 Å². The summed E-state index contributed by atoms with van der Waals surface area (Å²) in [6.07, 6.45) is 5.22. The number of methoxy groups -OCH3 is 2. The Balaban J connectivity index is 1.55. The first-order valence-electron chi connectivity index (χ1n) is 12.0. The van der Waals surface area contributed by atoms with Gasteiger partial charge in [0.05, 0.1) is 14.2 Å². The first-order valence-corrected chi connectivity index (χ1v) is 12.0. The smallest absolute Gasteiger partial charge is 0.331 e. The summed E-state index contributed by atoms with van der Waals surface area (Å²) in [7, 11) is 3.15. The third kappa shape index (κ3) is 7.11. The lowest BCUT2D eigenvalue weighted by atomic mass is 10.0. The third-order valence-corrected chi connectivity index (χ3v) is 5.80. The standard InChI is InChI=1S/C32H28O6/c1-35-28-20-25-15-16-26(19-27(25)21-29(28)36-2)30(38-32(34)18-14-24-11-7-4-8-12-24)22-37-31(33)17-13-23-9-5-3-6-10-23/h3-21,30H,22H2,1-2H3/b17-13+,18-14+/t30-/m1/s1. The van der Waals surface area contributed by atoms with Crippen molar-refractivity contribution in [2.45, 2.75) is 6.10 Å². The van der Waals surface area contributed by atoms with Crippen LogP contribution in [0.2, 0.25) is 0 Å². The van der Waals surface area contributed by atoms with Crippen molar-refractivity contribution in [2.75, 3.05) is 20.8 Å². The number of fused-ring (bicyclic) bond motifs is 1. The zero-order valence-electron chi connectivity index (χ0n) is 21.2. The molecule has 0 aromatic heterocycles. The molecule has 0 N–H and O–H groups in total. The fourth-order valence-corrected chi connectivity index (χ4v) is 3.83. The molecule has 192 valence electrons. The monoisotopic (exact) mass is 508 g/mol. The molecule has 0 fully saturated rings. The van der Waals surface area contributed by atoms with Crippen LogP contribution in [0.15, 0.2) is 103 Å². The molecule has 0 amide bonds. The molecule has 4 aromatic rings. The van der Waals surface area contributed by atoms with Crippen LogP contribution in [0.25, 0.3) is 22.9 Å². The third-order valence-electron chi connectivity index (χ3n) is 5.80. The molecule has 0 spiro atoms. The minimum atomic E-state index is -0.825. The average Bonchev–Trinajstić information content (AvgIpc) is 2.97. The lowest BCUT2D eigenvalue weighted by Gasteiger charge is -2.18. The van der Waals surface area contributed by atoms with Crippen molar-refractivity contribution in [3.63, 3.8) is 0 Å². The Kier molecular flexibility index (Phi) is 8.92. The van der Waals surface area contributed by atoms with E-state index in [1.807, 2.05) is 91.0 Å². The van der Waals surface area contributed by atoms with Gasteiger partial charge in [0.25, 0.3) is 0 Å². The number of carbonyl (C=O) groups excluding carboxylic acids is 2. The van der Waals surface area contributed by atoms with E-state index in [0.29, 0.717) is 17.1 Å². The van der Waals surface area contributed by atoms with Crippen LogP contribution in [0, 0.1) is 0 Å².